The number of hydrogen-bond acceptors (Lipinski definition) is 3. The number of benzene rings is 1. The number of nitrogens with zero attached hydrogens (tertiary/aromatic N) is 1. The Balaban J connectivity index is 2.52. The van der Waals surface area contributed by atoms with E-state index in [4.69, 9.17) is 4.74 Å². The molecule has 4 nitrogen and oxygen atoms in total. The number of ether oxygens (including phenoxy) is 1. The summed E-state index contributed by atoms with van der Waals surface area (Å²) in [5, 5.41) is 0. The van der Waals surface area contributed by atoms with Gasteiger partial charge in [0.05, 0.1) is 24.0 Å². The second-order valence-electron chi connectivity index (χ2n) is 5.44. The van der Waals surface area contributed by atoms with Gasteiger partial charge in [0.2, 0.25) is 5.91 Å². The average molecular weight is 315 g/mol. The maximum atomic E-state index is 12.9. The van der Waals surface area contributed by atoms with Gasteiger partial charge in [-0.2, -0.15) is 13.2 Å². The zero-order valence-electron chi connectivity index (χ0n) is 12.5. The van der Waals surface area contributed by atoms with Crippen LogP contribution in [0.2, 0.25) is 0 Å². The molecule has 1 aliphatic rings. The van der Waals surface area contributed by atoms with Crippen molar-refractivity contribution >= 4 is 17.6 Å². The summed E-state index contributed by atoms with van der Waals surface area (Å²) in [5.41, 5.74) is -1.02. The highest BCUT2D eigenvalue weighted by Gasteiger charge is 2.52. The molecule has 0 saturated carbocycles. The number of likely N-dealkylation sites (N-methyl/N-ethyl adjacent to an activating group) is 1. The monoisotopic (exact) mass is 315 g/mol. The van der Waals surface area contributed by atoms with Crippen molar-refractivity contribution in [2.75, 3.05) is 18.6 Å². The molecule has 0 spiro atoms. The van der Waals surface area contributed by atoms with E-state index in [1.807, 2.05) is 0 Å². The molecule has 1 unspecified atom stereocenters. The molecule has 1 amide bonds. The van der Waals surface area contributed by atoms with E-state index in [-0.39, 0.29) is 17.7 Å². The molecular formula is C15H16F3NO3. The minimum Gasteiger partial charge on any atom is -0.462 e. The summed E-state index contributed by atoms with van der Waals surface area (Å²) < 4.78 is 43.4. The highest BCUT2D eigenvalue weighted by atomic mass is 19.4. The van der Waals surface area contributed by atoms with Crippen molar-refractivity contribution in [3.63, 3.8) is 0 Å². The summed E-state index contributed by atoms with van der Waals surface area (Å²) in [6, 6.07) is 4.24. The molecule has 1 atom stereocenters. The lowest BCUT2D eigenvalue weighted by atomic mass is 9.80. The number of esters is 1. The Morgan fingerprint density at radius 3 is 2.55 bits per heavy atom. The molecule has 22 heavy (non-hydrogen) atoms. The Kier molecular flexibility index (Phi) is 3.93. The van der Waals surface area contributed by atoms with Crippen LogP contribution in [0, 0.1) is 0 Å². The van der Waals surface area contributed by atoms with Crippen LogP contribution in [0.1, 0.15) is 36.2 Å². The molecule has 1 aliphatic heterocycles. The first-order valence-electron chi connectivity index (χ1n) is 6.76. The second kappa shape index (κ2) is 5.30. The average Bonchev–Trinajstić information content (AvgIpc) is 2.59. The molecule has 7 heteroatoms. The third-order valence-corrected chi connectivity index (χ3v) is 3.79. The summed E-state index contributed by atoms with van der Waals surface area (Å²) in [4.78, 5) is 25.2. The number of alkyl halides is 3. The first kappa shape index (κ1) is 16.3. The lowest BCUT2D eigenvalue weighted by Gasteiger charge is -2.24. The van der Waals surface area contributed by atoms with Crippen LogP contribution >= 0.6 is 0 Å². The van der Waals surface area contributed by atoms with E-state index in [1.54, 1.807) is 6.92 Å². The number of amides is 1. The van der Waals surface area contributed by atoms with Gasteiger partial charge in [-0.1, -0.05) is 0 Å². The van der Waals surface area contributed by atoms with E-state index in [0.717, 1.165) is 0 Å². The molecule has 0 N–H and O–H groups in total. The highest BCUT2D eigenvalue weighted by Crippen LogP contribution is 2.47. The lowest BCUT2D eigenvalue weighted by Crippen LogP contribution is -2.39. The van der Waals surface area contributed by atoms with Crippen LogP contribution in [-0.2, 0) is 14.9 Å². The molecule has 120 valence electrons. The number of rotatable bonds is 3. The van der Waals surface area contributed by atoms with Crippen molar-refractivity contribution in [1.29, 1.82) is 0 Å². The second-order valence-corrected chi connectivity index (χ2v) is 5.44. The number of fused-ring (bicyclic) bond motifs is 1. The first-order chi connectivity index (χ1) is 10.1. The van der Waals surface area contributed by atoms with Crippen LogP contribution in [0.15, 0.2) is 18.2 Å². The summed E-state index contributed by atoms with van der Waals surface area (Å²) >= 11 is 0. The Morgan fingerprint density at radius 2 is 2.00 bits per heavy atom. The van der Waals surface area contributed by atoms with Crippen molar-refractivity contribution in [3.05, 3.63) is 29.3 Å². The van der Waals surface area contributed by atoms with Gasteiger partial charge < -0.3 is 9.64 Å². The fourth-order valence-corrected chi connectivity index (χ4v) is 2.78. The molecule has 1 aromatic rings. The zero-order chi connectivity index (χ0) is 16.7. The van der Waals surface area contributed by atoms with E-state index in [2.05, 4.69) is 0 Å². The molecule has 0 radical (unpaired) electrons. The maximum Gasteiger partial charge on any atom is 0.390 e. The molecule has 1 aromatic carbocycles. The predicted molar refractivity (Wildman–Crippen MR) is 73.8 cm³/mol. The van der Waals surface area contributed by atoms with E-state index < -0.39 is 29.9 Å². The number of halogens is 3. The lowest BCUT2D eigenvalue weighted by molar-refractivity contribution is -0.154. The SMILES string of the molecule is CCOC(=O)c1ccc2c(c1)C(C)(CC(F)(F)F)C(=O)N2C. The Bertz CT molecular complexity index is 627. The Labute approximate surface area is 125 Å². The van der Waals surface area contributed by atoms with Gasteiger partial charge in [0, 0.05) is 12.7 Å². The van der Waals surface area contributed by atoms with Crippen LogP contribution in [0.3, 0.4) is 0 Å². The van der Waals surface area contributed by atoms with E-state index in [9.17, 15) is 22.8 Å². The van der Waals surface area contributed by atoms with Crippen molar-refractivity contribution in [1.82, 2.24) is 0 Å². The topological polar surface area (TPSA) is 46.6 Å². The quantitative estimate of drug-likeness (QED) is 0.806. The summed E-state index contributed by atoms with van der Waals surface area (Å²) in [5.74, 6) is -1.26. The zero-order valence-corrected chi connectivity index (χ0v) is 12.5. The van der Waals surface area contributed by atoms with Gasteiger partial charge in [0.1, 0.15) is 0 Å². The van der Waals surface area contributed by atoms with Gasteiger partial charge in [0.15, 0.2) is 0 Å². The smallest absolute Gasteiger partial charge is 0.390 e. The van der Waals surface area contributed by atoms with Crippen molar-refractivity contribution < 1.29 is 27.5 Å². The van der Waals surface area contributed by atoms with Crippen LogP contribution in [0.5, 0.6) is 0 Å². The van der Waals surface area contributed by atoms with Gasteiger partial charge in [-0.15, -0.1) is 0 Å². The minimum absolute atomic E-state index is 0.136. The third-order valence-electron chi connectivity index (χ3n) is 3.79. The number of carbonyl (C=O) groups excluding carboxylic acids is 2. The number of hydrogen-bond donors (Lipinski definition) is 0. The predicted octanol–water partition coefficient (Wildman–Crippen LogP) is 3.05. The molecule has 0 saturated heterocycles. The van der Waals surface area contributed by atoms with Crippen LogP contribution in [0.25, 0.3) is 0 Å². The van der Waals surface area contributed by atoms with E-state index in [1.165, 1.54) is 37.1 Å². The largest absolute Gasteiger partial charge is 0.462 e. The van der Waals surface area contributed by atoms with Gasteiger partial charge in [-0.25, -0.2) is 4.79 Å². The molecule has 0 bridgehead atoms. The minimum atomic E-state index is -4.49. The standard InChI is InChI=1S/C15H16F3NO3/c1-4-22-12(20)9-5-6-11-10(7-9)14(2,8-15(16,17)18)13(21)19(11)3/h5-7H,4,8H2,1-3H3. The fraction of sp³-hybridized carbons (Fsp3) is 0.467. The van der Waals surface area contributed by atoms with Crippen LogP contribution in [-0.4, -0.2) is 31.7 Å². The number of anilines is 1. The maximum absolute atomic E-state index is 12.9. The highest BCUT2D eigenvalue weighted by molar-refractivity contribution is 6.08. The third kappa shape index (κ3) is 2.67. The Morgan fingerprint density at radius 1 is 1.36 bits per heavy atom. The summed E-state index contributed by atoms with van der Waals surface area (Å²) in [6.07, 6.45) is -5.77. The molecule has 0 aliphatic carbocycles. The molecule has 2 rings (SSSR count). The van der Waals surface area contributed by atoms with E-state index in [0.29, 0.717) is 5.69 Å². The molecule has 0 aromatic heterocycles. The van der Waals surface area contributed by atoms with Crippen molar-refractivity contribution in [2.24, 2.45) is 0 Å². The van der Waals surface area contributed by atoms with Crippen LogP contribution < -0.4 is 4.90 Å². The van der Waals surface area contributed by atoms with Crippen molar-refractivity contribution in [3.8, 4) is 0 Å². The van der Waals surface area contributed by atoms with Gasteiger partial charge in [0.25, 0.3) is 0 Å². The summed E-state index contributed by atoms with van der Waals surface area (Å²) in [7, 11) is 1.42. The van der Waals surface area contributed by atoms with Gasteiger partial charge >= 0.3 is 12.1 Å². The molecular weight excluding hydrogens is 299 g/mol. The fourth-order valence-electron chi connectivity index (χ4n) is 2.78. The number of carbonyl (C=O) groups is 2. The van der Waals surface area contributed by atoms with Crippen LogP contribution in [0.4, 0.5) is 18.9 Å². The van der Waals surface area contributed by atoms with Crippen molar-refractivity contribution in [2.45, 2.75) is 31.9 Å². The molecule has 0 fully saturated rings. The Hall–Kier alpha value is -2.05. The van der Waals surface area contributed by atoms with E-state index >= 15 is 0 Å². The molecule has 1 heterocycles. The van der Waals surface area contributed by atoms with Gasteiger partial charge in [-0.3, -0.25) is 4.79 Å². The summed E-state index contributed by atoms with van der Waals surface area (Å²) in [6.45, 7) is 3.05. The van der Waals surface area contributed by atoms with Gasteiger partial charge in [-0.05, 0) is 37.6 Å². The normalized spacial score (nSPS) is 21.0. The first-order valence-corrected chi connectivity index (χ1v) is 6.76.